The molecular weight excluding hydrogens is 361 g/mol. The maximum Gasteiger partial charge on any atom is 0.354 e. The van der Waals surface area contributed by atoms with Crippen molar-refractivity contribution in [2.75, 3.05) is 19.1 Å². The zero-order valence-corrected chi connectivity index (χ0v) is 14.5. The van der Waals surface area contributed by atoms with Gasteiger partial charge < -0.3 is 9.30 Å². The molecule has 0 aliphatic carbocycles. The molecule has 0 aromatic carbocycles. The average molecular weight is 375 g/mol. The van der Waals surface area contributed by atoms with E-state index in [1.807, 2.05) is 0 Å². The number of rotatable bonds is 6. The number of ketones is 1. The molecule has 0 aliphatic heterocycles. The summed E-state index contributed by atoms with van der Waals surface area (Å²) in [5.41, 5.74) is 0.282. The zero-order valence-electron chi connectivity index (χ0n) is 11.4. The minimum absolute atomic E-state index is 0.105. The first kappa shape index (κ1) is 18.5. The molecule has 0 fully saturated rings. The number of methoxy groups -OCH3 is 1. The number of aryl methyl sites for hydroxylation is 1. The standard InChI is InChI=1S/C12H14Cl3NO4S/c1-20-11(18)9-6-8(10(17)12(13,14)15)7-16(9)4-3-5-21(2)19/h6-7H,3-5H2,1-2H3. The van der Waals surface area contributed by atoms with Crippen molar-refractivity contribution in [2.24, 2.45) is 0 Å². The fourth-order valence-electron chi connectivity index (χ4n) is 1.70. The molecule has 9 heteroatoms. The second-order valence-electron chi connectivity index (χ2n) is 4.26. The number of aromatic nitrogens is 1. The smallest absolute Gasteiger partial charge is 0.354 e. The number of hydrogen-bond acceptors (Lipinski definition) is 4. The Kier molecular flexibility index (Phi) is 6.71. The molecule has 0 amide bonds. The van der Waals surface area contributed by atoms with Crippen LogP contribution in [0.3, 0.4) is 0 Å². The minimum atomic E-state index is -2.09. The van der Waals surface area contributed by atoms with Crippen molar-refractivity contribution in [2.45, 2.75) is 16.8 Å². The molecule has 1 rings (SSSR count). The van der Waals surface area contributed by atoms with E-state index in [2.05, 4.69) is 4.74 Å². The molecule has 118 valence electrons. The number of esters is 1. The second-order valence-corrected chi connectivity index (χ2v) is 8.09. The normalized spacial score (nSPS) is 13.0. The van der Waals surface area contributed by atoms with Gasteiger partial charge in [0.1, 0.15) is 5.69 Å². The SMILES string of the molecule is COC(=O)c1cc(C(=O)C(Cl)(Cl)Cl)cn1CCCS(C)=O. The van der Waals surface area contributed by atoms with Gasteiger partial charge in [-0.05, 0) is 12.5 Å². The number of carbonyl (C=O) groups excluding carboxylic acids is 2. The Morgan fingerprint density at radius 3 is 2.48 bits per heavy atom. The van der Waals surface area contributed by atoms with Crippen LogP contribution >= 0.6 is 34.8 Å². The fraction of sp³-hybridized carbons (Fsp3) is 0.500. The topological polar surface area (TPSA) is 65.4 Å². The molecule has 21 heavy (non-hydrogen) atoms. The van der Waals surface area contributed by atoms with Crippen LogP contribution in [-0.4, -0.2) is 43.4 Å². The Morgan fingerprint density at radius 1 is 1.38 bits per heavy atom. The predicted octanol–water partition coefficient (Wildman–Crippen LogP) is 2.60. The van der Waals surface area contributed by atoms with Crippen molar-refractivity contribution in [1.82, 2.24) is 4.57 Å². The molecular formula is C12H14Cl3NO4S. The van der Waals surface area contributed by atoms with Crippen LogP contribution in [0.1, 0.15) is 27.3 Å². The quantitative estimate of drug-likeness (QED) is 0.436. The largest absolute Gasteiger partial charge is 0.464 e. The summed E-state index contributed by atoms with van der Waals surface area (Å²) in [4.78, 5) is 23.6. The van der Waals surface area contributed by atoms with Crippen LogP contribution in [0.25, 0.3) is 0 Å². The highest BCUT2D eigenvalue weighted by molar-refractivity contribution is 7.84. The maximum atomic E-state index is 11.9. The molecule has 0 bridgehead atoms. The van der Waals surface area contributed by atoms with E-state index in [1.165, 1.54) is 23.9 Å². The van der Waals surface area contributed by atoms with E-state index in [1.54, 1.807) is 6.26 Å². The molecule has 1 heterocycles. The lowest BCUT2D eigenvalue weighted by atomic mass is 10.2. The summed E-state index contributed by atoms with van der Waals surface area (Å²) in [6, 6.07) is 1.32. The number of hydrogen-bond donors (Lipinski definition) is 0. The van der Waals surface area contributed by atoms with Crippen LogP contribution in [0.2, 0.25) is 0 Å². The van der Waals surface area contributed by atoms with Crippen molar-refractivity contribution in [1.29, 1.82) is 0 Å². The molecule has 1 unspecified atom stereocenters. The molecule has 0 saturated heterocycles. The Morgan fingerprint density at radius 2 is 2.00 bits per heavy atom. The molecule has 1 aromatic rings. The van der Waals surface area contributed by atoms with Crippen molar-refractivity contribution in [3.8, 4) is 0 Å². The van der Waals surface area contributed by atoms with Gasteiger partial charge in [0, 0.05) is 41.1 Å². The van der Waals surface area contributed by atoms with Crippen molar-refractivity contribution in [3.05, 3.63) is 23.5 Å². The van der Waals surface area contributed by atoms with Crippen LogP contribution in [0.4, 0.5) is 0 Å². The third-order valence-electron chi connectivity index (χ3n) is 2.64. The first-order valence-corrected chi connectivity index (χ1v) is 8.73. The summed E-state index contributed by atoms with van der Waals surface area (Å²) < 4.78 is 15.1. The van der Waals surface area contributed by atoms with Crippen molar-refractivity contribution in [3.63, 3.8) is 0 Å². The Balaban J connectivity index is 3.04. The van der Waals surface area contributed by atoms with Crippen molar-refractivity contribution >= 4 is 57.4 Å². The molecule has 0 aliphatic rings. The summed E-state index contributed by atoms with van der Waals surface area (Å²) in [6.45, 7) is 0.400. The monoisotopic (exact) mass is 373 g/mol. The van der Waals surface area contributed by atoms with E-state index >= 15 is 0 Å². The molecule has 0 saturated carbocycles. The Bertz CT molecular complexity index is 565. The van der Waals surface area contributed by atoms with Gasteiger partial charge in [-0.3, -0.25) is 9.00 Å². The summed E-state index contributed by atoms with van der Waals surface area (Å²) in [5, 5.41) is 0. The third-order valence-corrected chi connectivity index (χ3v) is 4.02. The highest BCUT2D eigenvalue weighted by Crippen LogP contribution is 2.31. The molecule has 1 atom stereocenters. The van der Waals surface area contributed by atoms with Crippen LogP contribution in [0.5, 0.6) is 0 Å². The number of Topliss-reactive ketones (excluding diaryl/α,β-unsaturated/α-hetero) is 1. The van der Waals surface area contributed by atoms with Gasteiger partial charge in [0.05, 0.1) is 7.11 Å². The van der Waals surface area contributed by atoms with E-state index in [0.29, 0.717) is 18.7 Å². The number of alkyl halides is 3. The van der Waals surface area contributed by atoms with Crippen molar-refractivity contribution < 1.29 is 18.5 Å². The number of ether oxygens (including phenoxy) is 1. The van der Waals surface area contributed by atoms with E-state index < -0.39 is 26.3 Å². The summed E-state index contributed by atoms with van der Waals surface area (Å²) >= 11 is 16.7. The number of nitrogens with zero attached hydrogens (tertiary/aromatic N) is 1. The molecule has 0 spiro atoms. The van der Waals surface area contributed by atoms with Gasteiger partial charge >= 0.3 is 5.97 Å². The highest BCUT2D eigenvalue weighted by atomic mass is 35.6. The molecule has 0 N–H and O–H groups in total. The van der Waals surface area contributed by atoms with Gasteiger partial charge in [0.15, 0.2) is 0 Å². The van der Waals surface area contributed by atoms with Gasteiger partial charge in [-0.1, -0.05) is 34.8 Å². The van der Waals surface area contributed by atoms with Crippen LogP contribution in [0, 0.1) is 0 Å². The lowest BCUT2D eigenvalue weighted by Crippen LogP contribution is -2.18. The van der Waals surface area contributed by atoms with E-state index in [-0.39, 0.29) is 11.3 Å². The lowest BCUT2D eigenvalue weighted by Gasteiger charge is -2.07. The molecule has 5 nitrogen and oxygen atoms in total. The average Bonchev–Trinajstić information content (AvgIpc) is 2.79. The molecule has 0 radical (unpaired) electrons. The Labute approximate surface area is 139 Å². The van der Waals surface area contributed by atoms with Gasteiger partial charge in [-0.2, -0.15) is 0 Å². The number of halogens is 3. The lowest BCUT2D eigenvalue weighted by molar-refractivity contribution is 0.0588. The second kappa shape index (κ2) is 7.63. The summed E-state index contributed by atoms with van der Waals surface area (Å²) in [7, 11) is 0.299. The highest BCUT2D eigenvalue weighted by Gasteiger charge is 2.33. The predicted molar refractivity (Wildman–Crippen MR) is 83.9 cm³/mol. The van der Waals surface area contributed by atoms with Gasteiger partial charge in [-0.15, -0.1) is 0 Å². The minimum Gasteiger partial charge on any atom is -0.464 e. The van der Waals surface area contributed by atoms with Crippen LogP contribution < -0.4 is 0 Å². The van der Waals surface area contributed by atoms with Gasteiger partial charge in [-0.25, -0.2) is 4.79 Å². The van der Waals surface area contributed by atoms with Crippen LogP contribution in [0.15, 0.2) is 12.3 Å². The van der Waals surface area contributed by atoms with E-state index in [0.717, 1.165) is 0 Å². The van der Waals surface area contributed by atoms with Gasteiger partial charge in [0.2, 0.25) is 5.78 Å². The van der Waals surface area contributed by atoms with Gasteiger partial charge in [0.25, 0.3) is 3.79 Å². The summed E-state index contributed by atoms with van der Waals surface area (Å²) in [6.07, 6.45) is 3.59. The Hall–Kier alpha value is -0.560. The maximum absolute atomic E-state index is 11.9. The van der Waals surface area contributed by atoms with Crippen LogP contribution in [-0.2, 0) is 22.1 Å². The van der Waals surface area contributed by atoms with E-state index in [9.17, 15) is 13.8 Å². The fourth-order valence-corrected chi connectivity index (χ4v) is 2.56. The first-order valence-electron chi connectivity index (χ1n) is 5.87. The third kappa shape index (κ3) is 5.29. The number of carbonyl (C=O) groups is 2. The zero-order chi connectivity index (χ0) is 16.2. The van der Waals surface area contributed by atoms with E-state index in [4.69, 9.17) is 34.8 Å². The first-order chi connectivity index (χ1) is 9.66. The molecule has 1 aromatic heterocycles. The summed E-state index contributed by atoms with van der Waals surface area (Å²) in [5.74, 6) is -0.849.